The Bertz CT molecular complexity index is 1450. The Morgan fingerprint density at radius 3 is 2.15 bits per heavy atom. The molecule has 0 unspecified atom stereocenters. The number of amides is 2. The van der Waals surface area contributed by atoms with E-state index in [1.165, 1.54) is 37.3 Å². The van der Waals surface area contributed by atoms with Gasteiger partial charge in [0.25, 0.3) is 10.0 Å². The number of anilines is 1. The smallest absolute Gasteiger partial charge is 0.264 e. The fraction of sp³-hybridized carbons (Fsp3) is 0.310. The van der Waals surface area contributed by atoms with Crippen LogP contribution < -0.4 is 19.1 Å². The van der Waals surface area contributed by atoms with Gasteiger partial charge in [0.05, 0.1) is 24.8 Å². The van der Waals surface area contributed by atoms with E-state index in [4.69, 9.17) is 32.7 Å². The van der Waals surface area contributed by atoms with Crippen LogP contribution in [0, 0.1) is 0 Å². The fourth-order valence-electron chi connectivity index (χ4n) is 4.29. The van der Waals surface area contributed by atoms with E-state index in [-0.39, 0.29) is 35.2 Å². The molecule has 12 heteroatoms. The molecule has 0 saturated carbocycles. The Morgan fingerprint density at radius 1 is 0.927 bits per heavy atom. The second-order valence-electron chi connectivity index (χ2n) is 8.90. The SMILES string of the molecule is CCNC(=O)[C@H](CC)N(Cc1c(Cl)cccc1Cl)C(=O)CN(c1cc(OC)ccc1OC)S(=O)(=O)c1ccccc1. The largest absolute Gasteiger partial charge is 0.497 e. The van der Waals surface area contributed by atoms with Crippen molar-refractivity contribution in [1.29, 1.82) is 0 Å². The summed E-state index contributed by atoms with van der Waals surface area (Å²) in [6.07, 6.45) is 0.258. The first-order chi connectivity index (χ1) is 19.6. The van der Waals surface area contributed by atoms with Crippen molar-refractivity contribution in [3.8, 4) is 11.5 Å². The summed E-state index contributed by atoms with van der Waals surface area (Å²) < 4.78 is 39.9. The monoisotopic (exact) mass is 621 g/mol. The second-order valence-corrected chi connectivity index (χ2v) is 11.6. The van der Waals surface area contributed by atoms with E-state index >= 15 is 0 Å². The Labute approximate surface area is 251 Å². The molecule has 0 aromatic heterocycles. The first kappa shape index (κ1) is 32.0. The lowest BCUT2D eigenvalue weighted by atomic mass is 10.1. The van der Waals surface area contributed by atoms with Gasteiger partial charge in [0.2, 0.25) is 11.8 Å². The van der Waals surface area contributed by atoms with E-state index in [0.29, 0.717) is 27.9 Å². The van der Waals surface area contributed by atoms with Crippen molar-refractivity contribution in [2.45, 2.75) is 37.8 Å². The number of carbonyl (C=O) groups excluding carboxylic acids is 2. The van der Waals surface area contributed by atoms with Gasteiger partial charge >= 0.3 is 0 Å². The molecule has 2 amide bonds. The van der Waals surface area contributed by atoms with Crippen LogP contribution in [0.5, 0.6) is 11.5 Å². The number of likely N-dealkylation sites (N-methyl/N-ethyl adjacent to an activating group) is 1. The molecule has 220 valence electrons. The quantitative estimate of drug-likeness (QED) is 0.283. The van der Waals surface area contributed by atoms with Gasteiger partial charge in [-0.05, 0) is 49.7 Å². The van der Waals surface area contributed by atoms with Crippen molar-refractivity contribution in [3.63, 3.8) is 0 Å². The van der Waals surface area contributed by atoms with Crippen molar-refractivity contribution < 1.29 is 27.5 Å². The third-order valence-electron chi connectivity index (χ3n) is 6.39. The van der Waals surface area contributed by atoms with Gasteiger partial charge in [0.1, 0.15) is 24.1 Å². The topological polar surface area (TPSA) is 105 Å². The highest BCUT2D eigenvalue weighted by molar-refractivity contribution is 7.92. The fourth-order valence-corrected chi connectivity index (χ4v) is 6.24. The number of carbonyl (C=O) groups is 2. The first-order valence-electron chi connectivity index (χ1n) is 12.9. The molecular weight excluding hydrogens is 589 g/mol. The molecule has 0 fully saturated rings. The number of nitrogens with zero attached hydrogens (tertiary/aromatic N) is 2. The van der Waals surface area contributed by atoms with Gasteiger partial charge in [-0.3, -0.25) is 13.9 Å². The van der Waals surface area contributed by atoms with Crippen molar-refractivity contribution >= 4 is 50.7 Å². The highest BCUT2D eigenvalue weighted by Crippen LogP contribution is 2.36. The van der Waals surface area contributed by atoms with Crippen molar-refractivity contribution in [3.05, 3.63) is 82.3 Å². The molecule has 3 aromatic rings. The Balaban J connectivity index is 2.18. The lowest BCUT2D eigenvalue weighted by Gasteiger charge is -2.33. The predicted molar refractivity (Wildman–Crippen MR) is 160 cm³/mol. The first-order valence-corrected chi connectivity index (χ1v) is 15.1. The molecule has 3 rings (SSSR count). The maximum absolute atomic E-state index is 14.2. The lowest BCUT2D eigenvalue weighted by molar-refractivity contribution is -0.140. The molecule has 1 N–H and O–H groups in total. The standard InChI is InChI=1S/C29H33Cl2N3O6S/c1-5-25(29(36)32-6-2)33(18-22-23(30)13-10-14-24(22)31)28(35)19-34(41(37,38)21-11-8-7-9-12-21)26-17-20(39-3)15-16-27(26)40-4/h7-17,25H,5-6,18-19H2,1-4H3,(H,32,36)/t25-/m0/s1. The van der Waals surface area contributed by atoms with Gasteiger partial charge in [0, 0.05) is 34.8 Å². The molecule has 0 aliphatic heterocycles. The zero-order chi connectivity index (χ0) is 30.2. The molecule has 0 spiro atoms. The number of halogens is 2. The normalized spacial score (nSPS) is 11.9. The van der Waals surface area contributed by atoms with E-state index in [1.54, 1.807) is 62.4 Å². The van der Waals surface area contributed by atoms with Gasteiger partial charge in [-0.2, -0.15) is 0 Å². The average Bonchev–Trinajstić information content (AvgIpc) is 2.97. The number of nitrogens with one attached hydrogen (secondary N) is 1. The summed E-state index contributed by atoms with van der Waals surface area (Å²) in [6, 6.07) is 16.4. The van der Waals surface area contributed by atoms with Crippen LogP contribution in [-0.2, 0) is 26.2 Å². The Morgan fingerprint density at radius 2 is 1.59 bits per heavy atom. The zero-order valence-corrected chi connectivity index (χ0v) is 25.6. The molecule has 0 aliphatic carbocycles. The number of methoxy groups -OCH3 is 2. The van der Waals surface area contributed by atoms with Gasteiger partial charge in [0.15, 0.2) is 0 Å². The highest BCUT2D eigenvalue weighted by Gasteiger charge is 2.35. The maximum atomic E-state index is 14.2. The average molecular weight is 623 g/mol. The number of sulfonamides is 1. The highest BCUT2D eigenvalue weighted by atomic mass is 35.5. The minimum Gasteiger partial charge on any atom is -0.497 e. The van der Waals surface area contributed by atoms with Crippen LogP contribution in [0.3, 0.4) is 0 Å². The van der Waals surface area contributed by atoms with E-state index in [0.717, 1.165) is 4.31 Å². The summed E-state index contributed by atoms with van der Waals surface area (Å²) >= 11 is 12.9. The summed E-state index contributed by atoms with van der Waals surface area (Å²) in [5.41, 5.74) is 0.522. The molecular formula is C29H33Cl2N3O6S. The van der Waals surface area contributed by atoms with Crippen LogP contribution in [0.1, 0.15) is 25.8 Å². The summed E-state index contributed by atoms with van der Waals surface area (Å²) in [5, 5.41) is 3.37. The van der Waals surface area contributed by atoms with Crippen molar-refractivity contribution in [1.82, 2.24) is 10.2 Å². The number of rotatable bonds is 13. The number of hydrogen-bond acceptors (Lipinski definition) is 6. The molecule has 0 radical (unpaired) electrons. The maximum Gasteiger partial charge on any atom is 0.264 e. The van der Waals surface area contributed by atoms with Crippen LogP contribution in [-0.4, -0.2) is 58.5 Å². The minimum absolute atomic E-state index is 0.0332. The Hall–Kier alpha value is -3.47. The van der Waals surface area contributed by atoms with E-state index in [1.807, 2.05) is 0 Å². The van der Waals surface area contributed by atoms with Crippen LogP contribution in [0.15, 0.2) is 71.6 Å². The third kappa shape index (κ3) is 7.44. The number of hydrogen-bond donors (Lipinski definition) is 1. The molecule has 1 atom stereocenters. The van der Waals surface area contributed by atoms with Crippen molar-refractivity contribution in [2.75, 3.05) is 31.6 Å². The molecule has 9 nitrogen and oxygen atoms in total. The summed E-state index contributed by atoms with van der Waals surface area (Å²) in [4.78, 5) is 28.5. The van der Waals surface area contributed by atoms with E-state index < -0.39 is 28.5 Å². The summed E-state index contributed by atoms with van der Waals surface area (Å²) in [6.45, 7) is 3.10. The molecule has 0 heterocycles. The van der Waals surface area contributed by atoms with Crippen LogP contribution in [0.2, 0.25) is 10.0 Å². The third-order valence-corrected chi connectivity index (χ3v) is 8.87. The molecule has 0 aliphatic rings. The van der Waals surface area contributed by atoms with Gasteiger partial charge < -0.3 is 19.7 Å². The predicted octanol–water partition coefficient (Wildman–Crippen LogP) is 5.15. The Kier molecular flexibility index (Phi) is 11.3. The molecule has 3 aromatic carbocycles. The number of ether oxygens (including phenoxy) is 2. The van der Waals surface area contributed by atoms with Crippen LogP contribution >= 0.6 is 23.2 Å². The lowest BCUT2D eigenvalue weighted by Crippen LogP contribution is -2.52. The summed E-state index contributed by atoms with van der Waals surface area (Å²) in [5.74, 6) is -0.476. The van der Waals surface area contributed by atoms with E-state index in [9.17, 15) is 18.0 Å². The molecule has 41 heavy (non-hydrogen) atoms. The second kappa shape index (κ2) is 14.4. The van der Waals surface area contributed by atoms with Gasteiger partial charge in [-0.25, -0.2) is 8.42 Å². The molecule has 0 saturated heterocycles. The van der Waals surface area contributed by atoms with Crippen LogP contribution in [0.4, 0.5) is 5.69 Å². The summed E-state index contributed by atoms with van der Waals surface area (Å²) in [7, 11) is -1.45. The van der Waals surface area contributed by atoms with Gasteiger partial charge in [-0.15, -0.1) is 0 Å². The number of benzene rings is 3. The van der Waals surface area contributed by atoms with Gasteiger partial charge in [-0.1, -0.05) is 54.4 Å². The minimum atomic E-state index is -4.29. The van der Waals surface area contributed by atoms with Crippen molar-refractivity contribution in [2.24, 2.45) is 0 Å². The van der Waals surface area contributed by atoms with Crippen LogP contribution in [0.25, 0.3) is 0 Å². The molecule has 0 bridgehead atoms. The van der Waals surface area contributed by atoms with E-state index in [2.05, 4.69) is 5.32 Å². The zero-order valence-electron chi connectivity index (χ0n) is 23.3.